The number of nitrogens with one attached hydrogen (secondary N) is 2. The van der Waals surface area contributed by atoms with Crippen molar-refractivity contribution < 1.29 is 37.5 Å². The third-order valence-corrected chi connectivity index (χ3v) is 4.28. The zero-order valence-electron chi connectivity index (χ0n) is 15.5. The van der Waals surface area contributed by atoms with E-state index in [-0.39, 0.29) is 41.8 Å². The molecule has 0 fully saturated rings. The van der Waals surface area contributed by atoms with Crippen molar-refractivity contribution in [3.05, 3.63) is 46.0 Å². The maximum absolute atomic E-state index is 10.1. The summed E-state index contributed by atoms with van der Waals surface area (Å²) in [5.41, 5.74) is 3.53. The summed E-state index contributed by atoms with van der Waals surface area (Å²) >= 11 is 0. The number of rotatable bonds is 9. The average Bonchev–Trinajstić information content (AvgIpc) is 2.64. The van der Waals surface area contributed by atoms with Crippen LogP contribution in [0.25, 0.3) is 0 Å². The predicted molar refractivity (Wildman–Crippen MR) is 96.5 cm³/mol. The van der Waals surface area contributed by atoms with Crippen LogP contribution in [0.5, 0.6) is 11.5 Å². The van der Waals surface area contributed by atoms with E-state index in [1.165, 1.54) is 0 Å². The Morgan fingerprint density at radius 1 is 0.778 bits per heavy atom. The van der Waals surface area contributed by atoms with E-state index < -0.39 is 0 Å². The van der Waals surface area contributed by atoms with E-state index in [9.17, 15) is 20.4 Å². The Bertz CT molecular complexity index is 695. The minimum atomic E-state index is -0.180. The van der Waals surface area contributed by atoms with Crippen molar-refractivity contribution in [2.24, 2.45) is 0 Å². The van der Waals surface area contributed by atoms with E-state index in [0.29, 0.717) is 59.8 Å². The van der Waals surface area contributed by atoms with Gasteiger partial charge in [-0.1, -0.05) is 0 Å². The van der Waals surface area contributed by atoms with Crippen molar-refractivity contribution in [1.29, 1.82) is 0 Å². The molecule has 0 aliphatic heterocycles. The molecule has 0 unspecified atom stereocenters. The number of aliphatic hydroxyl groups is 2. The molecule has 2 heterocycles. The van der Waals surface area contributed by atoms with Crippen LogP contribution < -0.4 is 10.6 Å². The van der Waals surface area contributed by atoms with Gasteiger partial charge in [0.05, 0.1) is 24.6 Å². The van der Waals surface area contributed by atoms with Gasteiger partial charge >= 0.3 is 17.1 Å². The average molecular weight is 417 g/mol. The zero-order valence-corrected chi connectivity index (χ0v) is 16.6. The fourth-order valence-corrected chi connectivity index (χ4v) is 2.64. The summed E-state index contributed by atoms with van der Waals surface area (Å²) in [6.07, 6.45) is 3.13. The van der Waals surface area contributed by atoms with Crippen LogP contribution in [0.4, 0.5) is 0 Å². The number of aryl methyl sites for hydroxylation is 2. The number of hydrogen-bond acceptors (Lipinski definition) is 8. The van der Waals surface area contributed by atoms with Crippen LogP contribution >= 0.6 is 0 Å². The molecule has 0 aliphatic rings. The van der Waals surface area contributed by atoms with Crippen molar-refractivity contribution in [3.8, 4) is 11.5 Å². The monoisotopic (exact) mass is 417 g/mol. The van der Waals surface area contributed by atoms with Crippen molar-refractivity contribution in [3.63, 3.8) is 0 Å². The van der Waals surface area contributed by atoms with Gasteiger partial charge in [-0.15, -0.1) is 0 Å². The van der Waals surface area contributed by atoms with E-state index in [2.05, 4.69) is 20.6 Å². The molecule has 2 rings (SSSR count). The molecule has 2 aromatic heterocycles. The summed E-state index contributed by atoms with van der Waals surface area (Å²) in [4.78, 5) is 8.07. The molecule has 0 bridgehead atoms. The summed E-state index contributed by atoms with van der Waals surface area (Å²) < 4.78 is 0. The van der Waals surface area contributed by atoms with Crippen molar-refractivity contribution in [1.82, 2.24) is 20.6 Å². The number of aromatic nitrogens is 2. The van der Waals surface area contributed by atoms with Gasteiger partial charge in [0.25, 0.3) is 0 Å². The Kier molecular flexibility index (Phi) is 9.65. The van der Waals surface area contributed by atoms with E-state index >= 15 is 0 Å². The normalized spacial score (nSPS) is 10.7. The molecule has 147 valence electrons. The number of hydrogen-bond donors (Lipinski definition) is 6. The number of pyridine rings is 2. The first-order valence-corrected chi connectivity index (χ1v) is 8.45. The van der Waals surface area contributed by atoms with E-state index in [1.807, 2.05) is 0 Å². The van der Waals surface area contributed by atoms with Gasteiger partial charge in [0.1, 0.15) is 11.5 Å². The molecule has 0 saturated heterocycles. The molecule has 0 amide bonds. The van der Waals surface area contributed by atoms with Gasteiger partial charge in [-0.05, 0) is 13.8 Å². The molecule has 6 N–H and O–H groups in total. The Morgan fingerprint density at radius 2 is 1.15 bits per heavy atom. The molecule has 8 nitrogen and oxygen atoms in total. The summed E-state index contributed by atoms with van der Waals surface area (Å²) in [5, 5.41) is 45.3. The summed E-state index contributed by atoms with van der Waals surface area (Å²) in [5.74, 6) is 0.198. The molecule has 0 atom stereocenters. The van der Waals surface area contributed by atoms with Crippen LogP contribution in [0.15, 0.2) is 12.4 Å². The van der Waals surface area contributed by atoms with Crippen LogP contribution in [-0.2, 0) is 43.4 Å². The molecular formula is C18H26MnN4O4+2. The van der Waals surface area contributed by atoms with Crippen molar-refractivity contribution in [2.75, 3.05) is 13.1 Å². The first kappa shape index (κ1) is 23.3. The fraction of sp³-hybridized carbons (Fsp3) is 0.444. The fourth-order valence-electron chi connectivity index (χ4n) is 2.64. The standard InChI is InChI=1S/C18H26N4O4.Mn/c1-11-17(25)15(13(9-23)5-21-11)7-19-3-4-20-8-16-14(10-24)6-22-12(2)18(16)26;/h5-6,19-20,23-26H,3-4,7-10H2,1-2H3;/q;+2. The van der Waals surface area contributed by atoms with E-state index in [1.54, 1.807) is 26.2 Å². The van der Waals surface area contributed by atoms with Crippen molar-refractivity contribution >= 4 is 0 Å². The van der Waals surface area contributed by atoms with Crippen LogP contribution in [0, 0.1) is 13.8 Å². The quantitative estimate of drug-likeness (QED) is 0.255. The third kappa shape index (κ3) is 5.87. The SMILES string of the molecule is Cc1ncc(CO)c(CNCCNCc2c(CO)cnc(C)c2O)c1O.[Mn+2]. The van der Waals surface area contributed by atoms with Gasteiger partial charge in [-0.3, -0.25) is 9.97 Å². The van der Waals surface area contributed by atoms with Gasteiger partial charge < -0.3 is 31.1 Å². The molecule has 27 heavy (non-hydrogen) atoms. The first-order valence-electron chi connectivity index (χ1n) is 8.45. The van der Waals surface area contributed by atoms with E-state index in [0.717, 1.165) is 0 Å². The van der Waals surface area contributed by atoms with Crippen LogP contribution in [-0.4, -0.2) is 43.5 Å². The molecule has 0 aliphatic carbocycles. The molecule has 0 spiro atoms. The molecule has 2 aromatic rings. The summed E-state index contributed by atoms with van der Waals surface area (Å²) in [6.45, 7) is 5.12. The molecule has 0 aromatic carbocycles. The predicted octanol–water partition coefficient (Wildman–Crippen LogP) is 0.366. The van der Waals surface area contributed by atoms with Gasteiger partial charge in [0, 0.05) is 60.8 Å². The van der Waals surface area contributed by atoms with Gasteiger partial charge in [0.2, 0.25) is 0 Å². The van der Waals surface area contributed by atoms with Gasteiger partial charge in [-0.2, -0.15) is 0 Å². The van der Waals surface area contributed by atoms with E-state index in [4.69, 9.17) is 0 Å². The largest absolute Gasteiger partial charge is 2.00 e. The molecule has 9 heteroatoms. The maximum atomic E-state index is 10.1. The van der Waals surface area contributed by atoms with Crippen LogP contribution in [0.2, 0.25) is 0 Å². The minimum Gasteiger partial charge on any atom is -0.506 e. The smallest absolute Gasteiger partial charge is 0.506 e. The molecular weight excluding hydrogens is 391 g/mol. The Labute approximate surface area is 169 Å². The summed E-state index contributed by atoms with van der Waals surface area (Å²) in [6, 6.07) is 0. The first-order chi connectivity index (χ1) is 12.5. The van der Waals surface area contributed by atoms with Crippen LogP contribution in [0.3, 0.4) is 0 Å². The second-order valence-corrected chi connectivity index (χ2v) is 6.06. The Morgan fingerprint density at radius 3 is 1.48 bits per heavy atom. The van der Waals surface area contributed by atoms with Gasteiger partial charge in [0.15, 0.2) is 0 Å². The van der Waals surface area contributed by atoms with Gasteiger partial charge in [-0.25, -0.2) is 0 Å². The summed E-state index contributed by atoms with van der Waals surface area (Å²) in [7, 11) is 0. The number of nitrogens with zero attached hydrogens (tertiary/aromatic N) is 2. The second kappa shape index (κ2) is 11.2. The topological polar surface area (TPSA) is 131 Å². The second-order valence-electron chi connectivity index (χ2n) is 6.06. The van der Waals surface area contributed by atoms with Crippen LogP contribution in [0.1, 0.15) is 33.6 Å². The number of aliphatic hydroxyl groups excluding tert-OH is 2. The molecule has 1 radical (unpaired) electrons. The zero-order chi connectivity index (χ0) is 19.1. The molecule has 0 saturated carbocycles. The third-order valence-electron chi connectivity index (χ3n) is 4.28. The Hall–Kier alpha value is -1.74. The maximum Gasteiger partial charge on any atom is 2.00 e. The Balaban J connectivity index is 0.00000364. The number of aromatic hydroxyl groups is 2. The van der Waals surface area contributed by atoms with Crippen molar-refractivity contribution in [2.45, 2.75) is 40.2 Å². The minimum absolute atomic E-state index is 0.